The summed E-state index contributed by atoms with van der Waals surface area (Å²) in [4.78, 5) is 22.1. The predicted octanol–water partition coefficient (Wildman–Crippen LogP) is 1.48. The average Bonchev–Trinajstić information content (AvgIpc) is 2.52. The zero-order valence-electron chi connectivity index (χ0n) is 11.9. The van der Waals surface area contributed by atoms with E-state index in [1.807, 2.05) is 0 Å². The molecular formula is C14H19N3O4. The highest BCUT2D eigenvalue weighted by Gasteiger charge is 2.20. The van der Waals surface area contributed by atoms with E-state index in [0.717, 1.165) is 25.8 Å². The molecule has 1 aromatic carbocycles. The van der Waals surface area contributed by atoms with Crippen LogP contribution in [-0.4, -0.2) is 37.1 Å². The number of nitro groups is 1. The standard InChI is InChI=1S/C14H19N3O4/c1-15-14(18)10-5-6-12(17(19)20)13(8-10)21-9-11-4-2-3-7-16-11/h5-6,8,11,16H,2-4,7,9H2,1H3,(H,15,18). The number of carbonyl (C=O) groups excluding carboxylic acids is 1. The summed E-state index contributed by atoms with van der Waals surface area (Å²) in [6.45, 7) is 1.30. The molecule has 2 rings (SSSR count). The minimum absolute atomic E-state index is 0.126. The number of hydrogen-bond acceptors (Lipinski definition) is 5. The van der Waals surface area contributed by atoms with Gasteiger partial charge in [-0.1, -0.05) is 6.42 Å². The number of nitro benzene ring substituents is 1. The van der Waals surface area contributed by atoms with E-state index in [2.05, 4.69) is 10.6 Å². The first kappa shape index (κ1) is 15.2. The van der Waals surface area contributed by atoms with E-state index in [9.17, 15) is 14.9 Å². The van der Waals surface area contributed by atoms with Crippen molar-refractivity contribution in [1.29, 1.82) is 0 Å². The molecule has 114 valence electrons. The third-order valence-electron chi connectivity index (χ3n) is 3.50. The summed E-state index contributed by atoms with van der Waals surface area (Å²) < 4.78 is 5.59. The van der Waals surface area contributed by atoms with Crippen molar-refractivity contribution in [3.63, 3.8) is 0 Å². The van der Waals surface area contributed by atoms with Crippen molar-refractivity contribution in [2.24, 2.45) is 0 Å². The van der Waals surface area contributed by atoms with Crippen LogP contribution in [-0.2, 0) is 0 Å². The molecular weight excluding hydrogens is 274 g/mol. The highest BCUT2D eigenvalue weighted by Crippen LogP contribution is 2.28. The average molecular weight is 293 g/mol. The number of amides is 1. The van der Waals surface area contributed by atoms with Gasteiger partial charge in [0.2, 0.25) is 0 Å². The summed E-state index contributed by atoms with van der Waals surface area (Å²) in [5.74, 6) is -0.168. The molecule has 0 spiro atoms. The lowest BCUT2D eigenvalue weighted by Crippen LogP contribution is -2.38. The van der Waals surface area contributed by atoms with Crippen molar-refractivity contribution in [2.45, 2.75) is 25.3 Å². The number of ether oxygens (including phenoxy) is 1. The molecule has 1 fully saturated rings. The second-order valence-electron chi connectivity index (χ2n) is 4.98. The van der Waals surface area contributed by atoms with Crippen LogP contribution in [0, 0.1) is 10.1 Å². The van der Waals surface area contributed by atoms with Gasteiger partial charge < -0.3 is 15.4 Å². The summed E-state index contributed by atoms with van der Waals surface area (Å²) >= 11 is 0. The van der Waals surface area contributed by atoms with E-state index >= 15 is 0 Å². The lowest BCUT2D eigenvalue weighted by molar-refractivity contribution is -0.385. The maximum atomic E-state index is 11.6. The van der Waals surface area contributed by atoms with Crippen molar-refractivity contribution >= 4 is 11.6 Å². The number of nitrogens with zero attached hydrogens (tertiary/aromatic N) is 1. The Morgan fingerprint density at radius 3 is 2.95 bits per heavy atom. The van der Waals surface area contributed by atoms with Gasteiger partial charge in [-0.3, -0.25) is 14.9 Å². The van der Waals surface area contributed by atoms with Crippen molar-refractivity contribution in [1.82, 2.24) is 10.6 Å². The molecule has 0 aromatic heterocycles. The topological polar surface area (TPSA) is 93.5 Å². The molecule has 1 amide bonds. The minimum atomic E-state index is -0.503. The summed E-state index contributed by atoms with van der Waals surface area (Å²) in [6.07, 6.45) is 3.26. The highest BCUT2D eigenvalue weighted by atomic mass is 16.6. The molecule has 1 heterocycles. The van der Waals surface area contributed by atoms with E-state index < -0.39 is 4.92 Å². The Morgan fingerprint density at radius 1 is 1.52 bits per heavy atom. The third kappa shape index (κ3) is 3.91. The van der Waals surface area contributed by atoms with Gasteiger partial charge in [0, 0.05) is 30.8 Å². The third-order valence-corrected chi connectivity index (χ3v) is 3.50. The van der Waals surface area contributed by atoms with Crippen molar-refractivity contribution in [2.75, 3.05) is 20.2 Å². The second-order valence-corrected chi connectivity index (χ2v) is 4.98. The van der Waals surface area contributed by atoms with Crippen molar-refractivity contribution in [3.8, 4) is 5.75 Å². The minimum Gasteiger partial charge on any atom is -0.485 e. The van der Waals surface area contributed by atoms with Gasteiger partial charge in [0.05, 0.1) is 4.92 Å². The first-order chi connectivity index (χ1) is 10.1. The van der Waals surface area contributed by atoms with Gasteiger partial charge in [0.15, 0.2) is 5.75 Å². The number of rotatable bonds is 5. The van der Waals surface area contributed by atoms with E-state index in [1.165, 1.54) is 25.2 Å². The van der Waals surface area contributed by atoms with Gasteiger partial charge in [-0.05, 0) is 25.5 Å². The Kier molecular flexibility index (Phi) is 5.10. The Balaban J connectivity index is 2.13. The SMILES string of the molecule is CNC(=O)c1ccc([N+](=O)[O-])c(OCC2CCCCN2)c1. The fraction of sp³-hybridized carbons (Fsp3) is 0.500. The molecule has 1 aliphatic heterocycles. The molecule has 0 radical (unpaired) electrons. The van der Waals surface area contributed by atoms with Crippen LogP contribution in [0.25, 0.3) is 0 Å². The molecule has 0 saturated carbocycles. The summed E-state index contributed by atoms with van der Waals surface area (Å²) in [6, 6.07) is 4.33. The lowest BCUT2D eigenvalue weighted by atomic mass is 10.1. The van der Waals surface area contributed by atoms with Gasteiger partial charge >= 0.3 is 5.69 Å². The van der Waals surface area contributed by atoms with Crippen LogP contribution >= 0.6 is 0 Å². The molecule has 7 heteroatoms. The normalized spacial score (nSPS) is 18.0. The van der Waals surface area contributed by atoms with E-state index in [0.29, 0.717) is 12.2 Å². The number of carbonyl (C=O) groups is 1. The quantitative estimate of drug-likeness (QED) is 0.633. The smallest absolute Gasteiger partial charge is 0.310 e. The number of hydrogen-bond donors (Lipinski definition) is 2. The van der Waals surface area contributed by atoms with E-state index in [-0.39, 0.29) is 23.4 Å². The fourth-order valence-electron chi connectivity index (χ4n) is 2.32. The Labute approximate surface area is 122 Å². The van der Waals surface area contributed by atoms with Gasteiger partial charge in [-0.25, -0.2) is 0 Å². The molecule has 0 aliphatic carbocycles. The van der Waals surface area contributed by atoms with Gasteiger partial charge in [-0.2, -0.15) is 0 Å². The van der Waals surface area contributed by atoms with Crippen LogP contribution < -0.4 is 15.4 Å². The molecule has 1 saturated heterocycles. The summed E-state index contributed by atoms with van der Waals surface area (Å²) in [5, 5.41) is 16.8. The highest BCUT2D eigenvalue weighted by molar-refractivity contribution is 5.94. The first-order valence-electron chi connectivity index (χ1n) is 6.98. The molecule has 1 unspecified atom stereocenters. The Hall–Kier alpha value is -2.15. The molecule has 0 bridgehead atoms. The van der Waals surface area contributed by atoms with E-state index in [1.54, 1.807) is 0 Å². The summed E-state index contributed by atoms with van der Waals surface area (Å²) in [5.41, 5.74) is 0.216. The maximum absolute atomic E-state index is 11.6. The largest absolute Gasteiger partial charge is 0.485 e. The van der Waals surface area contributed by atoms with Crippen molar-refractivity contribution in [3.05, 3.63) is 33.9 Å². The predicted molar refractivity (Wildman–Crippen MR) is 77.6 cm³/mol. The second kappa shape index (κ2) is 7.03. The molecule has 1 aliphatic rings. The monoisotopic (exact) mass is 293 g/mol. The zero-order valence-corrected chi connectivity index (χ0v) is 11.9. The van der Waals surface area contributed by atoms with Crippen LogP contribution in [0.2, 0.25) is 0 Å². The number of nitrogens with one attached hydrogen (secondary N) is 2. The van der Waals surface area contributed by atoms with Crippen LogP contribution in [0.5, 0.6) is 5.75 Å². The zero-order chi connectivity index (χ0) is 15.2. The van der Waals surface area contributed by atoms with Crippen LogP contribution in [0.4, 0.5) is 5.69 Å². The lowest BCUT2D eigenvalue weighted by Gasteiger charge is -2.23. The molecule has 7 nitrogen and oxygen atoms in total. The molecule has 1 atom stereocenters. The fourth-order valence-corrected chi connectivity index (χ4v) is 2.32. The molecule has 2 N–H and O–H groups in total. The number of benzene rings is 1. The van der Waals surface area contributed by atoms with Crippen LogP contribution in [0.3, 0.4) is 0 Å². The van der Waals surface area contributed by atoms with Crippen LogP contribution in [0.1, 0.15) is 29.6 Å². The van der Waals surface area contributed by atoms with Gasteiger partial charge in [-0.15, -0.1) is 0 Å². The van der Waals surface area contributed by atoms with E-state index in [4.69, 9.17) is 4.74 Å². The van der Waals surface area contributed by atoms with Crippen molar-refractivity contribution < 1.29 is 14.5 Å². The maximum Gasteiger partial charge on any atom is 0.310 e. The van der Waals surface area contributed by atoms with Crippen LogP contribution in [0.15, 0.2) is 18.2 Å². The Bertz CT molecular complexity index is 527. The molecule has 21 heavy (non-hydrogen) atoms. The number of piperidine rings is 1. The van der Waals surface area contributed by atoms with Gasteiger partial charge in [0.25, 0.3) is 5.91 Å². The van der Waals surface area contributed by atoms with Gasteiger partial charge in [0.1, 0.15) is 6.61 Å². The molecule has 1 aromatic rings. The summed E-state index contributed by atoms with van der Waals surface area (Å²) in [7, 11) is 1.51. The Morgan fingerprint density at radius 2 is 2.33 bits per heavy atom. The first-order valence-corrected chi connectivity index (χ1v) is 6.98.